The van der Waals surface area contributed by atoms with Crippen LogP contribution >= 0.6 is 0 Å². The SMILES string of the molecule is CCCNCc1ccc(Oc2ccccc2CC)cc1C. The Morgan fingerprint density at radius 3 is 2.52 bits per heavy atom. The van der Waals surface area contributed by atoms with Gasteiger partial charge in [-0.1, -0.05) is 38.1 Å². The Hall–Kier alpha value is -1.80. The monoisotopic (exact) mass is 283 g/mol. The Bertz CT molecular complexity index is 578. The van der Waals surface area contributed by atoms with Crippen LogP contribution in [0.4, 0.5) is 0 Å². The summed E-state index contributed by atoms with van der Waals surface area (Å²) >= 11 is 0. The van der Waals surface area contributed by atoms with Gasteiger partial charge in [-0.2, -0.15) is 0 Å². The third-order valence-electron chi connectivity index (χ3n) is 3.64. The van der Waals surface area contributed by atoms with Crippen LogP contribution in [0.15, 0.2) is 42.5 Å². The van der Waals surface area contributed by atoms with Crippen LogP contribution in [0.2, 0.25) is 0 Å². The topological polar surface area (TPSA) is 21.3 Å². The highest BCUT2D eigenvalue weighted by molar-refractivity contribution is 5.40. The zero-order valence-corrected chi connectivity index (χ0v) is 13.3. The molecule has 0 atom stereocenters. The standard InChI is InChI=1S/C19H25NO/c1-4-12-20-14-17-10-11-18(13-15(17)3)21-19-9-7-6-8-16(19)5-2/h6-11,13,20H,4-5,12,14H2,1-3H3. The predicted molar refractivity (Wildman–Crippen MR) is 89.1 cm³/mol. The van der Waals surface area contributed by atoms with Crippen molar-refractivity contribution in [3.05, 3.63) is 59.2 Å². The minimum Gasteiger partial charge on any atom is -0.457 e. The summed E-state index contributed by atoms with van der Waals surface area (Å²) in [6.45, 7) is 8.45. The molecule has 0 aliphatic rings. The summed E-state index contributed by atoms with van der Waals surface area (Å²) in [4.78, 5) is 0. The molecule has 0 bridgehead atoms. The van der Waals surface area contributed by atoms with Crippen LogP contribution in [0.1, 0.15) is 37.0 Å². The quantitative estimate of drug-likeness (QED) is 0.733. The molecular weight excluding hydrogens is 258 g/mol. The van der Waals surface area contributed by atoms with Gasteiger partial charge in [0, 0.05) is 6.54 Å². The van der Waals surface area contributed by atoms with Crippen molar-refractivity contribution in [2.45, 2.75) is 40.2 Å². The smallest absolute Gasteiger partial charge is 0.130 e. The summed E-state index contributed by atoms with van der Waals surface area (Å²) in [6, 6.07) is 14.6. The molecule has 0 saturated heterocycles. The lowest BCUT2D eigenvalue weighted by Gasteiger charge is -2.12. The van der Waals surface area contributed by atoms with E-state index in [-0.39, 0.29) is 0 Å². The van der Waals surface area contributed by atoms with E-state index in [4.69, 9.17) is 4.74 Å². The highest BCUT2D eigenvalue weighted by Crippen LogP contribution is 2.27. The minimum atomic E-state index is 0.910. The van der Waals surface area contributed by atoms with E-state index in [9.17, 15) is 0 Å². The molecule has 0 saturated carbocycles. The van der Waals surface area contributed by atoms with Crippen molar-refractivity contribution in [3.8, 4) is 11.5 Å². The highest BCUT2D eigenvalue weighted by atomic mass is 16.5. The zero-order chi connectivity index (χ0) is 15.1. The van der Waals surface area contributed by atoms with Gasteiger partial charge in [0.25, 0.3) is 0 Å². The third-order valence-corrected chi connectivity index (χ3v) is 3.64. The van der Waals surface area contributed by atoms with E-state index < -0.39 is 0 Å². The fraction of sp³-hybridized carbons (Fsp3) is 0.368. The Kier molecular flexibility index (Phi) is 5.82. The maximum Gasteiger partial charge on any atom is 0.130 e. The van der Waals surface area contributed by atoms with Gasteiger partial charge in [-0.05, 0) is 61.2 Å². The largest absolute Gasteiger partial charge is 0.457 e. The molecule has 2 aromatic rings. The summed E-state index contributed by atoms with van der Waals surface area (Å²) in [6.07, 6.45) is 2.14. The van der Waals surface area contributed by atoms with Gasteiger partial charge in [-0.15, -0.1) is 0 Å². The number of nitrogens with one attached hydrogen (secondary N) is 1. The first-order valence-corrected chi connectivity index (χ1v) is 7.80. The van der Waals surface area contributed by atoms with E-state index in [1.54, 1.807) is 0 Å². The zero-order valence-electron chi connectivity index (χ0n) is 13.3. The van der Waals surface area contributed by atoms with Gasteiger partial charge in [0.05, 0.1) is 0 Å². The molecule has 2 nitrogen and oxygen atoms in total. The van der Waals surface area contributed by atoms with Crippen molar-refractivity contribution in [2.75, 3.05) is 6.54 Å². The molecule has 21 heavy (non-hydrogen) atoms. The van der Waals surface area contributed by atoms with Crippen molar-refractivity contribution in [3.63, 3.8) is 0 Å². The number of para-hydroxylation sites is 1. The molecule has 0 aliphatic heterocycles. The first-order valence-electron chi connectivity index (χ1n) is 7.80. The van der Waals surface area contributed by atoms with Gasteiger partial charge >= 0.3 is 0 Å². The number of rotatable bonds is 7. The van der Waals surface area contributed by atoms with Crippen molar-refractivity contribution in [2.24, 2.45) is 0 Å². The lowest BCUT2D eigenvalue weighted by Crippen LogP contribution is -2.14. The lowest BCUT2D eigenvalue weighted by molar-refractivity contribution is 0.476. The molecule has 2 rings (SSSR count). The summed E-state index contributed by atoms with van der Waals surface area (Å²) < 4.78 is 6.04. The molecule has 0 fully saturated rings. The Morgan fingerprint density at radius 2 is 1.81 bits per heavy atom. The Morgan fingerprint density at radius 1 is 1.00 bits per heavy atom. The third kappa shape index (κ3) is 4.33. The molecule has 1 N–H and O–H groups in total. The van der Waals surface area contributed by atoms with Gasteiger partial charge in [0.1, 0.15) is 11.5 Å². The van der Waals surface area contributed by atoms with Gasteiger partial charge in [-0.3, -0.25) is 0 Å². The summed E-state index contributed by atoms with van der Waals surface area (Å²) in [5.74, 6) is 1.86. The summed E-state index contributed by atoms with van der Waals surface area (Å²) in [7, 11) is 0. The molecule has 2 aromatic carbocycles. The van der Waals surface area contributed by atoms with Crippen LogP contribution in [0, 0.1) is 6.92 Å². The molecule has 0 unspecified atom stereocenters. The van der Waals surface area contributed by atoms with Gasteiger partial charge in [0.2, 0.25) is 0 Å². The van der Waals surface area contributed by atoms with Crippen LogP contribution in [0.3, 0.4) is 0 Å². The van der Waals surface area contributed by atoms with E-state index in [0.29, 0.717) is 0 Å². The van der Waals surface area contributed by atoms with Crippen molar-refractivity contribution in [1.29, 1.82) is 0 Å². The number of hydrogen-bond acceptors (Lipinski definition) is 2. The Labute approximate surface area is 128 Å². The van der Waals surface area contributed by atoms with Crippen LogP contribution < -0.4 is 10.1 Å². The highest BCUT2D eigenvalue weighted by Gasteiger charge is 2.05. The van der Waals surface area contributed by atoms with Crippen LogP contribution in [-0.4, -0.2) is 6.54 Å². The molecule has 0 heterocycles. The summed E-state index contributed by atoms with van der Waals surface area (Å²) in [5, 5.41) is 3.44. The number of ether oxygens (including phenoxy) is 1. The van der Waals surface area contributed by atoms with E-state index in [1.165, 1.54) is 16.7 Å². The van der Waals surface area contributed by atoms with E-state index in [0.717, 1.165) is 37.4 Å². The van der Waals surface area contributed by atoms with E-state index in [1.807, 2.05) is 12.1 Å². The van der Waals surface area contributed by atoms with Crippen molar-refractivity contribution in [1.82, 2.24) is 5.32 Å². The maximum atomic E-state index is 6.04. The van der Waals surface area contributed by atoms with Crippen molar-refractivity contribution < 1.29 is 4.74 Å². The second-order valence-corrected chi connectivity index (χ2v) is 5.33. The molecule has 112 valence electrons. The second kappa shape index (κ2) is 7.84. The van der Waals surface area contributed by atoms with Crippen molar-refractivity contribution >= 4 is 0 Å². The molecule has 0 radical (unpaired) electrons. The van der Waals surface area contributed by atoms with Gasteiger partial charge in [-0.25, -0.2) is 0 Å². The minimum absolute atomic E-state index is 0.910. The molecule has 0 amide bonds. The average molecular weight is 283 g/mol. The Balaban J connectivity index is 2.09. The fourth-order valence-electron chi connectivity index (χ4n) is 2.35. The first-order chi connectivity index (χ1) is 10.2. The molecule has 0 aliphatic carbocycles. The normalized spacial score (nSPS) is 10.6. The van der Waals surface area contributed by atoms with Crippen LogP contribution in [0.25, 0.3) is 0 Å². The maximum absolute atomic E-state index is 6.04. The summed E-state index contributed by atoms with van der Waals surface area (Å²) in [5.41, 5.74) is 3.84. The lowest BCUT2D eigenvalue weighted by atomic mass is 10.1. The molecule has 2 heteroatoms. The number of hydrogen-bond donors (Lipinski definition) is 1. The van der Waals surface area contributed by atoms with E-state index >= 15 is 0 Å². The van der Waals surface area contributed by atoms with Gasteiger partial charge < -0.3 is 10.1 Å². The van der Waals surface area contributed by atoms with Crippen LogP contribution in [0.5, 0.6) is 11.5 Å². The van der Waals surface area contributed by atoms with Gasteiger partial charge in [0.15, 0.2) is 0 Å². The second-order valence-electron chi connectivity index (χ2n) is 5.33. The first kappa shape index (κ1) is 15.6. The molecular formula is C19H25NO. The fourth-order valence-corrected chi connectivity index (χ4v) is 2.35. The number of aryl methyl sites for hydroxylation is 2. The molecule has 0 spiro atoms. The predicted octanol–water partition coefficient (Wildman–Crippen LogP) is 4.85. The van der Waals surface area contributed by atoms with E-state index in [2.05, 4.69) is 56.4 Å². The molecule has 0 aromatic heterocycles. The number of benzene rings is 2. The average Bonchev–Trinajstić information content (AvgIpc) is 2.50. The van der Waals surface area contributed by atoms with Crippen LogP contribution in [-0.2, 0) is 13.0 Å².